The first-order chi connectivity index (χ1) is 10.3. The molecule has 2 aromatic heterocycles. The van der Waals surface area contributed by atoms with Crippen molar-refractivity contribution in [2.45, 2.75) is 6.42 Å². The molecule has 104 valence electrons. The molecule has 0 saturated heterocycles. The maximum absolute atomic E-state index is 11.8. The van der Waals surface area contributed by atoms with Gasteiger partial charge < -0.3 is 0 Å². The third-order valence-electron chi connectivity index (χ3n) is 2.92. The highest BCUT2D eigenvalue weighted by atomic mass is 16.2. The van der Waals surface area contributed by atoms with Crippen LogP contribution < -0.4 is 10.4 Å². The Hall–Kier alpha value is -3.02. The van der Waals surface area contributed by atoms with Crippen LogP contribution in [0.1, 0.15) is 11.4 Å². The van der Waals surface area contributed by atoms with Gasteiger partial charge in [-0.05, 0) is 18.2 Å². The van der Waals surface area contributed by atoms with Crippen molar-refractivity contribution in [2.24, 2.45) is 5.10 Å². The number of nitrogens with one attached hydrogen (secondary N) is 3. The van der Waals surface area contributed by atoms with Crippen LogP contribution in [-0.4, -0.2) is 22.1 Å². The third-order valence-corrected chi connectivity index (χ3v) is 2.92. The minimum absolute atomic E-state index is 0.196. The number of aromatic amines is 2. The number of pyridine rings is 1. The maximum Gasteiger partial charge on any atom is 0.262 e. The monoisotopic (exact) mass is 280 g/mol. The van der Waals surface area contributed by atoms with E-state index in [4.69, 9.17) is 0 Å². The van der Waals surface area contributed by atoms with E-state index >= 15 is 0 Å². The fourth-order valence-electron chi connectivity index (χ4n) is 1.98. The van der Waals surface area contributed by atoms with Crippen molar-refractivity contribution in [1.82, 2.24) is 15.4 Å². The van der Waals surface area contributed by atoms with Gasteiger partial charge >= 0.3 is 0 Å². The molecule has 0 aliphatic carbocycles. The summed E-state index contributed by atoms with van der Waals surface area (Å²) < 4.78 is 0. The summed E-state index contributed by atoms with van der Waals surface area (Å²) in [6, 6.07) is 11.4. The Morgan fingerprint density at radius 3 is 3.05 bits per heavy atom. The van der Waals surface area contributed by atoms with E-state index in [0.717, 1.165) is 22.4 Å². The summed E-state index contributed by atoms with van der Waals surface area (Å²) in [4.78, 5) is 22.1. The van der Waals surface area contributed by atoms with Crippen LogP contribution in [0.2, 0.25) is 0 Å². The highest BCUT2D eigenvalue weighted by Crippen LogP contribution is 2.06. The molecule has 0 unspecified atom stereocenters. The molecule has 0 aliphatic heterocycles. The van der Waals surface area contributed by atoms with E-state index in [2.05, 4.69) is 25.5 Å². The largest absolute Gasteiger partial charge is 0.272 e. The number of aromatic nitrogens is 3. The third kappa shape index (κ3) is 3.30. The highest BCUT2D eigenvalue weighted by molar-refractivity contribution is 5.82. The van der Waals surface area contributed by atoms with Gasteiger partial charge in [-0.1, -0.05) is 18.2 Å². The molecule has 0 saturated carbocycles. The number of carbonyl (C=O) groups is 1. The Kier molecular flexibility index (Phi) is 3.68. The number of carbonyl (C=O) groups excluding carboxylic acids is 1. The van der Waals surface area contributed by atoms with E-state index in [1.807, 2.05) is 36.4 Å². The number of benzene rings is 1. The van der Waals surface area contributed by atoms with Gasteiger partial charge in [0.25, 0.3) is 11.7 Å². The average Bonchev–Trinajstić information content (AvgIpc) is 2.90. The Bertz CT molecular complexity index is 746. The summed E-state index contributed by atoms with van der Waals surface area (Å²) in [6.07, 6.45) is 5.11. The number of nitrogens with zero attached hydrogens (tertiary/aromatic N) is 2. The van der Waals surface area contributed by atoms with Crippen molar-refractivity contribution in [3.8, 4) is 0 Å². The molecule has 1 amide bonds. The topological polar surface area (TPSA) is 84.3 Å². The zero-order valence-electron chi connectivity index (χ0n) is 11.2. The number of hydrogen-bond donors (Lipinski definition) is 2. The molecular formula is C15H14N5O+. The van der Waals surface area contributed by atoms with Crippen LogP contribution in [0, 0.1) is 0 Å². The van der Waals surface area contributed by atoms with Crippen LogP contribution >= 0.6 is 0 Å². The molecular weight excluding hydrogens is 266 g/mol. The van der Waals surface area contributed by atoms with Gasteiger partial charge in [0.1, 0.15) is 6.42 Å². The molecule has 2 heterocycles. The van der Waals surface area contributed by atoms with Gasteiger partial charge in [0.2, 0.25) is 0 Å². The van der Waals surface area contributed by atoms with Crippen molar-refractivity contribution in [3.63, 3.8) is 0 Å². The lowest BCUT2D eigenvalue weighted by molar-refractivity contribution is -0.356. The van der Waals surface area contributed by atoms with Crippen molar-refractivity contribution in [1.29, 1.82) is 0 Å². The zero-order valence-corrected chi connectivity index (χ0v) is 11.2. The number of hydrogen-bond acceptors (Lipinski definition) is 3. The first-order valence-electron chi connectivity index (χ1n) is 6.52. The Labute approximate surface area is 120 Å². The zero-order chi connectivity index (χ0) is 14.5. The lowest BCUT2D eigenvalue weighted by Gasteiger charge is -1.94. The number of H-pyrrole nitrogens is 2. The second-order valence-electron chi connectivity index (χ2n) is 4.53. The Balaban J connectivity index is 1.60. The molecule has 0 spiro atoms. The first kappa shape index (κ1) is 13.0. The van der Waals surface area contributed by atoms with E-state index in [0.29, 0.717) is 0 Å². The molecule has 6 nitrogen and oxygen atoms in total. The fourth-order valence-corrected chi connectivity index (χ4v) is 1.98. The first-order valence-corrected chi connectivity index (χ1v) is 6.52. The summed E-state index contributed by atoms with van der Waals surface area (Å²) in [5, 5.41) is 3.90. The van der Waals surface area contributed by atoms with E-state index in [-0.39, 0.29) is 12.3 Å². The van der Waals surface area contributed by atoms with Crippen LogP contribution in [0.4, 0.5) is 0 Å². The minimum Gasteiger partial charge on any atom is -0.272 e. The molecule has 0 fully saturated rings. The molecule has 1 aromatic carbocycles. The lowest BCUT2D eigenvalue weighted by atomic mass is 10.3. The van der Waals surface area contributed by atoms with Crippen molar-refractivity contribution in [2.75, 3.05) is 0 Å². The number of fused-ring (bicyclic) bond motifs is 1. The van der Waals surface area contributed by atoms with Crippen LogP contribution in [0.5, 0.6) is 0 Å². The van der Waals surface area contributed by atoms with E-state index < -0.39 is 0 Å². The molecule has 21 heavy (non-hydrogen) atoms. The molecule has 3 aromatic rings. The molecule has 0 atom stereocenters. The molecule has 3 rings (SSSR count). The SMILES string of the molecule is O=C(Cc1[nH]c2ccccc2[nH+]1)NN=Cc1cccnc1. The van der Waals surface area contributed by atoms with E-state index in [1.165, 1.54) is 0 Å². The summed E-state index contributed by atoms with van der Waals surface area (Å²) in [6.45, 7) is 0. The van der Waals surface area contributed by atoms with Crippen LogP contribution in [0.25, 0.3) is 11.0 Å². The summed E-state index contributed by atoms with van der Waals surface area (Å²) in [5.74, 6) is 0.545. The summed E-state index contributed by atoms with van der Waals surface area (Å²) in [5.41, 5.74) is 5.26. The van der Waals surface area contributed by atoms with Gasteiger partial charge in [0, 0.05) is 18.0 Å². The normalized spacial score (nSPS) is 11.0. The summed E-state index contributed by atoms with van der Waals surface area (Å²) >= 11 is 0. The van der Waals surface area contributed by atoms with Gasteiger partial charge in [0.05, 0.1) is 6.21 Å². The van der Waals surface area contributed by atoms with Gasteiger partial charge in [-0.3, -0.25) is 9.78 Å². The number of para-hydroxylation sites is 2. The van der Waals surface area contributed by atoms with E-state index in [9.17, 15) is 4.79 Å². The van der Waals surface area contributed by atoms with Gasteiger partial charge in [0.15, 0.2) is 11.0 Å². The Morgan fingerprint density at radius 1 is 1.33 bits per heavy atom. The smallest absolute Gasteiger partial charge is 0.262 e. The summed E-state index contributed by atoms with van der Waals surface area (Å²) in [7, 11) is 0. The predicted molar refractivity (Wildman–Crippen MR) is 78.5 cm³/mol. The number of hydrazone groups is 1. The van der Waals surface area contributed by atoms with E-state index in [1.54, 1.807) is 18.6 Å². The average molecular weight is 280 g/mol. The quantitative estimate of drug-likeness (QED) is 0.553. The molecule has 0 aliphatic rings. The van der Waals surface area contributed by atoms with Crippen LogP contribution in [-0.2, 0) is 11.2 Å². The predicted octanol–water partition coefficient (Wildman–Crippen LogP) is 1.07. The number of amides is 1. The molecule has 0 radical (unpaired) electrons. The highest BCUT2D eigenvalue weighted by Gasteiger charge is 2.12. The Morgan fingerprint density at radius 2 is 2.24 bits per heavy atom. The van der Waals surface area contributed by atoms with Crippen molar-refractivity contribution in [3.05, 3.63) is 60.2 Å². The van der Waals surface area contributed by atoms with Crippen LogP contribution in [0.15, 0.2) is 53.9 Å². The van der Waals surface area contributed by atoms with Crippen molar-refractivity contribution >= 4 is 23.2 Å². The fraction of sp³-hybridized carbons (Fsp3) is 0.0667. The second-order valence-corrected chi connectivity index (χ2v) is 4.53. The van der Waals surface area contributed by atoms with Gasteiger partial charge in [-0.2, -0.15) is 5.10 Å². The standard InChI is InChI=1S/C15H13N5O/c21-15(20-17-10-11-4-3-7-16-9-11)8-14-18-12-5-1-2-6-13(12)19-14/h1-7,9-10H,8H2,(H,18,19)(H,20,21)/p+1. The van der Waals surface area contributed by atoms with Crippen molar-refractivity contribution < 1.29 is 9.78 Å². The van der Waals surface area contributed by atoms with Gasteiger partial charge in [-0.15, -0.1) is 0 Å². The molecule has 0 bridgehead atoms. The molecule has 3 N–H and O–H groups in total. The second kappa shape index (κ2) is 5.96. The maximum atomic E-state index is 11.8. The van der Waals surface area contributed by atoms with Gasteiger partial charge in [-0.25, -0.2) is 15.4 Å². The minimum atomic E-state index is -0.196. The van der Waals surface area contributed by atoms with Crippen LogP contribution in [0.3, 0.4) is 0 Å². The number of rotatable bonds is 4. The number of imidazole rings is 1. The molecule has 6 heteroatoms. The lowest BCUT2D eigenvalue weighted by Crippen LogP contribution is -2.23.